The predicted molar refractivity (Wildman–Crippen MR) is 45.9 cm³/mol. The zero-order valence-electron chi connectivity index (χ0n) is 6.13. The summed E-state index contributed by atoms with van der Waals surface area (Å²) in [6, 6.07) is 0. The molecule has 0 amide bonds. The minimum absolute atomic E-state index is 0.164. The molecule has 0 bridgehead atoms. The highest BCUT2D eigenvalue weighted by Crippen LogP contribution is 2.34. The molecule has 0 saturated heterocycles. The molecule has 0 fully saturated rings. The van der Waals surface area contributed by atoms with E-state index in [1.54, 1.807) is 6.08 Å². The monoisotopic (exact) mass is 202 g/mol. The number of aliphatic hydroxyl groups is 1. The summed E-state index contributed by atoms with van der Waals surface area (Å²) in [6.07, 6.45) is 5.63. The molecule has 1 aliphatic carbocycles. The van der Waals surface area contributed by atoms with E-state index < -0.39 is 4.51 Å². The first-order valence-corrected chi connectivity index (χ1v) is 4.10. The van der Waals surface area contributed by atoms with Crippen LogP contribution in [0.15, 0.2) is 23.8 Å². The molecule has 1 N–H and O–H groups in total. The van der Waals surface area contributed by atoms with Crippen molar-refractivity contribution in [3.05, 3.63) is 23.8 Å². The molecule has 56 valence electrons. The fourth-order valence-corrected chi connectivity index (χ4v) is 1.46. The third kappa shape index (κ3) is 1.32. The van der Waals surface area contributed by atoms with Crippen LogP contribution in [0.1, 0.15) is 13.8 Å². The van der Waals surface area contributed by atoms with Gasteiger partial charge in [-0.2, -0.15) is 0 Å². The first-order valence-electron chi connectivity index (χ1n) is 3.31. The molecular weight excluding hydrogens is 192 g/mol. The molecule has 0 radical (unpaired) electrons. The molecule has 1 aliphatic rings. The van der Waals surface area contributed by atoms with Crippen molar-refractivity contribution in [2.45, 2.75) is 18.4 Å². The quantitative estimate of drug-likeness (QED) is 0.598. The third-order valence-corrected chi connectivity index (χ3v) is 2.93. The number of rotatable bonds is 0. The Labute approximate surface area is 69.6 Å². The highest BCUT2D eigenvalue weighted by molar-refractivity contribution is 9.10. The van der Waals surface area contributed by atoms with Crippen molar-refractivity contribution in [3.8, 4) is 0 Å². The SMILES string of the molecule is CC1=CC=CC(O)(Br)C1C. The molecular formula is C8H11BrO. The summed E-state index contributed by atoms with van der Waals surface area (Å²) < 4.78 is -0.828. The number of halogens is 1. The Bertz CT molecular complexity index is 191. The standard InChI is InChI=1S/C8H11BrO/c1-6-4-3-5-8(9,10)7(6)2/h3-5,7,10H,1-2H3. The van der Waals surface area contributed by atoms with Crippen molar-refractivity contribution in [1.29, 1.82) is 0 Å². The van der Waals surface area contributed by atoms with E-state index in [1.807, 2.05) is 26.0 Å². The molecule has 1 nitrogen and oxygen atoms in total. The van der Waals surface area contributed by atoms with Crippen LogP contribution in [0.5, 0.6) is 0 Å². The molecule has 0 saturated carbocycles. The van der Waals surface area contributed by atoms with Crippen molar-refractivity contribution in [3.63, 3.8) is 0 Å². The van der Waals surface area contributed by atoms with E-state index in [1.165, 1.54) is 5.57 Å². The van der Waals surface area contributed by atoms with E-state index in [0.717, 1.165) is 0 Å². The molecule has 2 heteroatoms. The van der Waals surface area contributed by atoms with E-state index >= 15 is 0 Å². The van der Waals surface area contributed by atoms with Gasteiger partial charge < -0.3 is 5.11 Å². The molecule has 0 heterocycles. The van der Waals surface area contributed by atoms with Crippen LogP contribution in [0, 0.1) is 5.92 Å². The fourth-order valence-electron chi connectivity index (χ4n) is 0.943. The molecule has 0 spiro atoms. The summed E-state index contributed by atoms with van der Waals surface area (Å²) in [5, 5.41) is 9.60. The summed E-state index contributed by atoms with van der Waals surface area (Å²) in [6.45, 7) is 4.00. The van der Waals surface area contributed by atoms with Gasteiger partial charge in [-0.3, -0.25) is 0 Å². The molecule has 2 atom stereocenters. The lowest BCUT2D eigenvalue weighted by atomic mass is 9.92. The Morgan fingerprint density at radius 1 is 1.70 bits per heavy atom. The van der Waals surface area contributed by atoms with Gasteiger partial charge in [0.2, 0.25) is 0 Å². The van der Waals surface area contributed by atoms with Gasteiger partial charge >= 0.3 is 0 Å². The minimum Gasteiger partial charge on any atom is -0.375 e. The number of allylic oxidation sites excluding steroid dienone is 2. The Morgan fingerprint density at radius 3 is 2.70 bits per heavy atom. The van der Waals surface area contributed by atoms with Crippen molar-refractivity contribution in [1.82, 2.24) is 0 Å². The maximum atomic E-state index is 9.60. The second-order valence-electron chi connectivity index (χ2n) is 2.72. The van der Waals surface area contributed by atoms with Crippen LogP contribution in [0.4, 0.5) is 0 Å². The van der Waals surface area contributed by atoms with Crippen molar-refractivity contribution in [2.24, 2.45) is 5.92 Å². The molecule has 10 heavy (non-hydrogen) atoms. The Balaban J connectivity index is 2.89. The lowest BCUT2D eigenvalue weighted by Crippen LogP contribution is -2.28. The first-order chi connectivity index (χ1) is 4.54. The minimum atomic E-state index is -0.828. The molecule has 0 aromatic rings. The fraction of sp³-hybridized carbons (Fsp3) is 0.500. The van der Waals surface area contributed by atoms with Gasteiger partial charge in [0.05, 0.1) is 0 Å². The van der Waals surface area contributed by atoms with Crippen LogP contribution in [-0.2, 0) is 0 Å². The van der Waals surface area contributed by atoms with Gasteiger partial charge in [-0.15, -0.1) is 0 Å². The predicted octanol–water partition coefficient (Wildman–Crippen LogP) is 2.22. The van der Waals surface area contributed by atoms with Gasteiger partial charge in [0.25, 0.3) is 0 Å². The van der Waals surface area contributed by atoms with Gasteiger partial charge in [0.15, 0.2) is 0 Å². The number of hydrogen-bond acceptors (Lipinski definition) is 1. The molecule has 0 aromatic carbocycles. The van der Waals surface area contributed by atoms with Gasteiger partial charge in [-0.25, -0.2) is 0 Å². The first kappa shape index (κ1) is 8.02. The molecule has 1 rings (SSSR count). The lowest BCUT2D eigenvalue weighted by Gasteiger charge is -2.28. The summed E-state index contributed by atoms with van der Waals surface area (Å²) in [5.74, 6) is 0.164. The third-order valence-electron chi connectivity index (χ3n) is 1.98. The second kappa shape index (κ2) is 2.51. The van der Waals surface area contributed by atoms with E-state index in [9.17, 15) is 5.11 Å². The van der Waals surface area contributed by atoms with Crippen molar-refractivity contribution < 1.29 is 5.11 Å². The van der Waals surface area contributed by atoms with E-state index in [0.29, 0.717) is 0 Å². The summed E-state index contributed by atoms with van der Waals surface area (Å²) in [5.41, 5.74) is 1.20. The summed E-state index contributed by atoms with van der Waals surface area (Å²) >= 11 is 3.23. The van der Waals surface area contributed by atoms with E-state index in [4.69, 9.17) is 0 Å². The molecule has 2 unspecified atom stereocenters. The van der Waals surface area contributed by atoms with Crippen LogP contribution in [0.2, 0.25) is 0 Å². The highest BCUT2D eigenvalue weighted by atomic mass is 79.9. The van der Waals surface area contributed by atoms with Crippen LogP contribution in [-0.4, -0.2) is 9.62 Å². The Hall–Kier alpha value is -0.0800. The normalized spacial score (nSPS) is 39.6. The van der Waals surface area contributed by atoms with Crippen LogP contribution >= 0.6 is 15.9 Å². The second-order valence-corrected chi connectivity index (χ2v) is 3.99. The van der Waals surface area contributed by atoms with Gasteiger partial charge in [0, 0.05) is 5.92 Å². The van der Waals surface area contributed by atoms with Gasteiger partial charge in [-0.1, -0.05) is 24.6 Å². The average molecular weight is 203 g/mol. The topological polar surface area (TPSA) is 20.2 Å². The van der Waals surface area contributed by atoms with Crippen molar-refractivity contribution in [2.75, 3.05) is 0 Å². The summed E-state index contributed by atoms with van der Waals surface area (Å²) in [7, 11) is 0. The smallest absolute Gasteiger partial charge is 0.144 e. The number of alkyl halides is 1. The van der Waals surface area contributed by atoms with Crippen LogP contribution in [0.3, 0.4) is 0 Å². The van der Waals surface area contributed by atoms with Crippen molar-refractivity contribution >= 4 is 15.9 Å². The van der Waals surface area contributed by atoms with Gasteiger partial charge in [-0.05, 0) is 28.9 Å². The lowest BCUT2D eigenvalue weighted by molar-refractivity contribution is 0.150. The van der Waals surface area contributed by atoms with E-state index in [2.05, 4.69) is 15.9 Å². The van der Waals surface area contributed by atoms with E-state index in [-0.39, 0.29) is 5.92 Å². The van der Waals surface area contributed by atoms with Gasteiger partial charge in [0.1, 0.15) is 4.51 Å². The zero-order chi connectivity index (χ0) is 7.78. The maximum Gasteiger partial charge on any atom is 0.144 e. The molecule has 0 aromatic heterocycles. The Morgan fingerprint density at radius 2 is 2.30 bits per heavy atom. The Kier molecular flexibility index (Phi) is 2.02. The largest absolute Gasteiger partial charge is 0.375 e. The maximum absolute atomic E-state index is 9.60. The van der Waals surface area contributed by atoms with Crippen LogP contribution in [0.25, 0.3) is 0 Å². The number of hydrogen-bond donors (Lipinski definition) is 1. The highest BCUT2D eigenvalue weighted by Gasteiger charge is 2.29. The molecule has 0 aliphatic heterocycles. The average Bonchev–Trinajstić information content (AvgIpc) is 1.83. The van der Waals surface area contributed by atoms with Crippen LogP contribution < -0.4 is 0 Å². The summed E-state index contributed by atoms with van der Waals surface area (Å²) in [4.78, 5) is 0. The zero-order valence-corrected chi connectivity index (χ0v) is 7.72.